The van der Waals surface area contributed by atoms with E-state index in [9.17, 15) is 15.0 Å². The van der Waals surface area contributed by atoms with E-state index in [-0.39, 0.29) is 11.9 Å². The lowest BCUT2D eigenvalue weighted by Crippen LogP contribution is -2.60. The normalized spacial score (nSPS) is 47.2. The molecular formula is C24H32O5. The lowest BCUT2D eigenvalue weighted by Gasteiger charge is -2.57. The molecule has 1 aromatic rings. The first-order valence-corrected chi connectivity index (χ1v) is 10.9. The summed E-state index contributed by atoms with van der Waals surface area (Å²) in [5.74, 6) is 1.14. The first kappa shape index (κ1) is 19.4. The third-order valence-corrected chi connectivity index (χ3v) is 9.54. The van der Waals surface area contributed by atoms with E-state index in [0.717, 1.165) is 37.9 Å². The fourth-order valence-electron chi connectivity index (χ4n) is 8.46. The van der Waals surface area contributed by atoms with Crippen LogP contribution in [-0.2, 0) is 16.0 Å². The van der Waals surface area contributed by atoms with Crippen molar-refractivity contribution in [2.75, 3.05) is 7.11 Å². The maximum atomic E-state index is 12.1. The van der Waals surface area contributed by atoms with Crippen molar-refractivity contribution in [3.63, 3.8) is 0 Å². The zero-order chi connectivity index (χ0) is 20.8. The highest BCUT2D eigenvalue weighted by Gasteiger charge is 2.86. The van der Waals surface area contributed by atoms with Crippen LogP contribution in [0, 0.1) is 16.7 Å². The summed E-state index contributed by atoms with van der Waals surface area (Å²) < 4.78 is 11.4. The molecule has 3 saturated carbocycles. The number of hydrogen-bond acceptors (Lipinski definition) is 5. The molecule has 0 aliphatic heterocycles. The third kappa shape index (κ3) is 1.97. The van der Waals surface area contributed by atoms with Crippen molar-refractivity contribution >= 4 is 5.97 Å². The van der Waals surface area contributed by atoms with E-state index < -0.39 is 28.1 Å². The first-order valence-electron chi connectivity index (χ1n) is 10.9. The van der Waals surface area contributed by atoms with Crippen molar-refractivity contribution < 1.29 is 24.5 Å². The number of hydrogen-bond donors (Lipinski definition) is 2. The number of carbonyl (C=O) groups is 1. The fraction of sp³-hybridized carbons (Fsp3) is 0.708. The number of aryl methyl sites for hydroxylation is 1. The monoisotopic (exact) mass is 400 g/mol. The standard InChI is InChI=1S/C24H32O5/c1-14(25)29-24-12-11-23(20(26)22(24,3)27)19-8-5-15-13-16(28-4)6-7-17(15)18(19)9-10-21(23,24)2/h6-7,13,18-20,26-27H,5,8-12H2,1-4H3/t18-,19-,20-,21+,22+,23-,24+/m1/s1. The van der Waals surface area contributed by atoms with Gasteiger partial charge in [-0.15, -0.1) is 0 Å². The summed E-state index contributed by atoms with van der Waals surface area (Å²) in [6, 6.07) is 6.37. The van der Waals surface area contributed by atoms with Crippen molar-refractivity contribution in [3.05, 3.63) is 29.3 Å². The second-order valence-electron chi connectivity index (χ2n) is 10.2. The van der Waals surface area contributed by atoms with Crippen molar-refractivity contribution in [1.29, 1.82) is 0 Å². The summed E-state index contributed by atoms with van der Waals surface area (Å²) in [7, 11) is 1.70. The van der Waals surface area contributed by atoms with E-state index in [1.54, 1.807) is 14.0 Å². The smallest absolute Gasteiger partial charge is 0.303 e. The Hall–Kier alpha value is -1.59. The lowest BCUT2D eigenvalue weighted by molar-refractivity contribution is -0.219. The second kappa shape index (κ2) is 5.76. The van der Waals surface area contributed by atoms with Crippen LogP contribution >= 0.6 is 0 Å². The molecule has 5 nitrogen and oxygen atoms in total. The van der Waals surface area contributed by atoms with Crippen LogP contribution in [0.4, 0.5) is 0 Å². The number of benzene rings is 1. The van der Waals surface area contributed by atoms with Gasteiger partial charge in [-0.2, -0.15) is 0 Å². The first-order chi connectivity index (χ1) is 13.6. The number of esters is 1. The fourth-order valence-corrected chi connectivity index (χ4v) is 8.46. The molecule has 5 heteroatoms. The van der Waals surface area contributed by atoms with Crippen LogP contribution in [0.25, 0.3) is 0 Å². The van der Waals surface area contributed by atoms with Gasteiger partial charge in [0.15, 0.2) is 0 Å². The van der Waals surface area contributed by atoms with E-state index in [1.807, 2.05) is 6.07 Å². The summed E-state index contributed by atoms with van der Waals surface area (Å²) in [5, 5.41) is 23.1. The molecule has 0 saturated heterocycles. The maximum absolute atomic E-state index is 12.1. The molecule has 2 bridgehead atoms. The molecule has 0 amide bonds. The number of fused-ring (bicyclic) bond motifs is 3. The minimum absolute atomic E-state index is 0.267. The van der Waals surface area contributed by atoms with Gasteiger partial charge < -0.3 is 19.7 Å². The van der Waals surface area contributed by atoms with Gasteiger partial charge in [-0.3, -0.25) is 4.79 Å². The number of methoxy groups -OCH3 is 1. The summed E-state index contributed by atoms with van der Waals surface area (Å²) in [6.45, 7) is 5.25. The predicted molar refractivity (Wildman–Crippen MR) is 108 cm³/mol. The Kier molecular flexibility index (Phi) is 3.85. The van der Waals surface area contributed by atoms with Crippen LogP contribution in [0.15, 0.2) is 18.2 Å². The molecule has 4 aliphatic rings. The van der Waals surface area contributed by atoms with Gasteiger partial charge in [0.2, 0.25) is 0 Å². The molecule has 158 valence electrons. The SMILES string of the molecule is COc1ccc2c(c1)CC[C@@H]1[C@@H]2CC[C@@]2(C)[C@]13CC[C@@]2(OC(C)=O)[C@@](C)(O)[C@H]3O. The number of aliphatic hydroxyl groups is 2. The summed E-state index contributed by atoms with van der Waals surface area (Å²) in [6.07, 6.45) is 4.24. The Balaban J connectivity index is 1.64. The Labute approximate surface area is 172 Å². The Morgan fingerprint density at radius 3 is 2.62 bits per heavy atom. The highest BCUT2D eigenvalue weighted by atomic mass is 16.6. The number of aliphatic hydroxyl groups excluding tert-OH is 1. The molecule has 2 N–H and O–H groups in total. The van der Waals surface area contributed by atoms with E-state index in [2.05, 4.69) is 19.1 Å². The van der Waals surface area contributed by atoms with Crippen LogP contribution in [0.5, 0.6) is 5.75 Å². The minimum Gasteiger partial charge on any atom is -0.497 e. The van der Waals surface area contributed by atoms with Crippen LogP contribution < -0.4 is 4.74 Å². The highest BCUT2D eigenvalue weighted by Crippen LogP contribution is 2.80. The molecule has 3 fully saturated rings. The minimum atomic E-state index is -1.44. The molecule has 0 aromatic heterocycles. The van der Waals surface area contributed by atoms with Crippen LogP contribution in [0.3, 0.4) is 0 Å². The molecule has 5 rings (SSSR count). The van der Waals surface area contributed by atoms with Gasteiger partial charge >= 0.3 is 5.97 Å². The Morgan fingerprint density at radius 1 is 1.17 bits per heavy atom. The Bertz CT molecular complexity index is 878. The molecular weight excluding hydrogens is 368 g/mol. The van der Waals surface area contributed by atoms with Crippen molar-refractivity contribution in [2.45, 2.75) is 82.5 Å². The predicted octanol–water partition coefficient (Wildman–Crippen LogP) is 3.35. The van der Waals surface area contributed by atoms with Crippen molar-refractivity contribution in [1.82, 2.24) is 0 Å². The maximum Gasteiger partial charge on any atom is 0.303 e. The zero-order valence-corrected chi connectivity index (χ0v) is 17.8. The lowest BCUT2D eigenvalue weighted by atomic mass is 9.47. The largest absolute Gasteiger partial charge is 0.497 e. The number of ether oxygens (including phenoxy) is 2. The summed E-state index contributed by atoms with van der Waals surface area (Å²) in [5.41, 5.74) is -0.625. The average Bonchev–Trinajstić information content (AvgIpc) is 3.01. The van der Waals surface area contributed by atoms with E-state index >= 15 is 0 Å². The third-order valence-electron chi connectivity index (χ3n) is 9.54. The quantitative estimate of drug-likeness (QED) is 0.745. The van der Waals surface area contributed by atoms with Crippen LogP contribution in [-0.4, -0.2) is 40.6 Å². The van der Waals surface area contributed by atoms with E-state index in [0.29, 0.717) is 12.3 Å². The second-order valence-corrected chi connectivity index (χ2v) is 10.2. The van der Waals surface area contributed by atoms with Gasteiger partial charge in [-0.1, -0.05) is 13.0 Å². The van der Waals surface area contributed by atoms with Crippen LogP contribution in [0.1, 0.15) is 69.9 Å². The van der Waals surface area contributed by atoms with Gasteiger partial charge in [0.05, 0.1) is 13.2 Å². The average molecular weight is 401 g/mol. The van der Waals surface area contributed by atoms with Crippen LogP contribution in [0.2, 0.25) is 0 Å². The molecule has 7 atom stereocenters. The number of carbonyl (C=O) groups excluding carboxylic acids is 1. The van der Waals surface area contributed by atoms with Crippen molar-refractivity contribution in [3.8, 4) is 5.75 Å². The molecule has 1 aromatic carbocycles. The van der Waals surface area contributed by atoms with Gasteiger partial charge in [0, 0.05) is 17.8 Å². The summed E-state index contributed by atoms with van der Waals surface area (Å²) >= 11 is 0. The molecule has 4 aliphatic carbocycles. The van der Waals surface area contributed by atoms with E-state index in [1.165, 1.54) is 18.1 Å². The molecule has 0 unspecified atom stereocenters. The zero-order valence-electron chi connectivity index (χ0n) is 17.8. The van der Waals surface area contributed by atoms with Gasteiger partial charge in [-0.05, 0) is 80.5 Å². The molecule has 0 radical (unpaired) electrons. The molecule has 0 spiro atoms. The van der Waals surface area contributed by atoms with Gasteiger partial charge in [0.25, 0.3) is 0 Å². The van der Waals surface area contributed by atoms with Crippen molar-refractivity contribution in [2.24, 2.45) is 16.7 Å². The highest BCUT2D eigenvalue weighted by molar-refractivity contribution is 5.67. The topological polar surface area (TPSA) is 76.0 Å². The van der Waals surface area contributed by atoms with E-state index in [4.69, 9.17) is 9.47 Å². The Morgan fingerprint density at radius 2 is 1.93 bits per heavy atom. The van der Waals surface area contributed by atoms with Gasteiger partial charge in [-0.25, -0.2) is 0 Å². The number of rotatable bonds is 2. The summed E-state index contributed by atoms with van der Waals surface area (Å²) in [4.78, 5) is 12.1. The molecule has 29 heavy (non-hydrogen) atoms. The molecule has 0 heterocycles. The van der Waals surface area contributed by atoms with Gasteiger partial charge in [0.1, 0.15) is 17.0 Å².